The van der Waals surface area contributed by atoms with E-state index in [2.05, 4.69) is 19.4 Å². The first-order valence-electron chi connectivity index (χ1n) is 6.91. The van der Waals surface area contributed by atoms with Crippen LogP contribution in [0.5, 0.6) is 0 Å². The van der Waals surface area contributed by atoms with Gasteiger partial charge in [0.25, 0.3) is 0 Å². The summed E-state index contributed by atoms with van der Waals surface area (Å²) in [5.41, 5.74) is 0.975. The van der Waals surface area contributed by atoms with Crippen molar-refractivity contribution in [1.82, 2.24) is 5.32 Å². The smallest absolute Gasteiger partial charge is 0.407 e. The number of likely N-dealkylation sites (N-methyl/N-ethyl adjacent to an activating group) is 1. The Morgan fingerprint density at radius 2 is 1.95 bits per heavy atom. The predicted molar refractivity (Wildman–Crippen MR) is 78.2 cm³/mol. The lowest BCUT2D eigenvalue weighted by Crippen LogP contribution is -2.43. The molecule has 0 aromatic heterocycles. The van der Waals surface area contributed by atoms with Gasteiger partial charge >= 0.3 is 6.09 Å². The Kier molecular flexibility index (Phi) is 7.04. The molecule has 5 nitrogen and oxygen atoms in total. The van der Waals surface area contributed by atoms with E-state index in [0.29, 0.717) is 13.2 Å². The van der Waals surface area contributed by atoms with Gasteiger partial charge in [0.05, 0.1) is 27.2 Å². The average molecular weight is 281 g/mol. The van der Waals surface area contributed by atoms with E-state index in [9.17, 15) is 4.79 Å². The van der Waals surface area contributed by atoms with Crippen LogP contribution in [0.1, 0.15) is 12.0 Å². The van der Waals surface area contributed by atoms with Crippen LogP contribution in [0, 0.1) is 0 Å². The standard InChI is InChI=1S/C15H24N2O3/c1-17(2,11-12-18)10-6-9-16-15(19)20-13-14-7-4-3-5-8-14/h3-5,7-8,18H,6,9-13H2,1-2H3/p+1. The molecule has 2 N–H and O–H groups in total. The molecule has 0 aliphatic rings. The lowest BCUT2D eigenvalue weighted by molar-refractivity contribution is -0.890. The summed E-state index contributed by atoms with van der Waals surface area (Å²) in [6.07, 6.45) is 0.467. The van der Waals surface area contributed by atoms with Gasteiger partial charge in [-0.2, -0.15) is 0 Å². The van der Waals surface area contributed by atoms with Crippen LogP contribution in [-0.2, 0) is 11.3 Å². The molecule has 0 fully saturated rings. The minimum Gasteiger partial charge on any atom is -0.445 e. The molecular formula is C15H25N2O3+. The zero-order valence-corrected chi connectivity index (χ0v) is 12.3. The molecule has 1 aromatic rings. The van der Waals surface area contributed by atoms with Gasteiger partial charge in [-0.05, 0) is 5.56 Å². The van der Waals surface area contributed by atoms with Gasteiger partial charge in [0.15, 0.2) is 0 Å². The molecule has 1 amide bonds. The summed E-state index contributed by atoms with van der Waals surface area (Å²) in [5, 5.41) is 11.7. The summed E-state index contributed by atoms with van der Waals surface area (Å²) in [7, 11) is 4.12. The fraction of sp³-hybridized carbons (Fsp3) is 0.533. The second-order valence-electron chi connectivity index (χ2n) is 5.45. The summed E-state index contributed by atoms with van der Waals surface area (Å²) < 4.78 is 5.86. The van der Waals surface area contributed by atoms with E-state index in [0.717, 1.165) is 29.6 Å². The first-order valence-corrected chi connectivity index (χ1v) is 6.91. The molecule has 0 atom stereocenters. The number of aliphatic hydroxyl groups excluding tert-OH is 1. The minimum atomic E-state index is -0.388. The first kappa shape index (κ1) is 16.5. The van der Waals surface area contributed by atoms with Gasteiger partial charge in [-0.1, -0.05) is 30.3 Å². The molecule has 0 saturated heterocycles. The number of hydrogen-bond acceptors (Lipinski definition) is 3. The zero-order valence-electron chi connectivity index (χ0n) is 12.3. The summed E-state index contributed by atoms with van der Waals surface area (Å²) in [4.78, 5) is 11.5. The number of ether oxygens (including phenoxy) is 1. The summed E-state index contributed by atoms with van der Waals surface area (Å²) in [5.74, 6) is 0. The van der Waals surface area contributed by atoms with E-state index in [-0.39, 0.29) is 12.7 Å². The maximum atomic E-state index is 11.5. The fourth-order valence-electron chi connectivity index (χ4n) is 1.85. The second kappa shape index (κ2) is 8.55. The van der Waals surface area contributed by atoms with Crippen LogP contribution in [0.4, 0.5) is 4.79 Å². The molecular weight excluding hydrogens is 256 g/mol. The van der Waals surface area contributed by atoms with E-state index < -0.39 is 0 Å². The Bertz CT molecular complexity index is 393. The van der Waals surface area contributed by atoms with Crippen LogP contribution in [0.15, 0.2) is 30.3 Å². The Labute approximate surface area is 120 Å². The van der Waals surface area contributed by atoms with Gasteiger partial charge in [-0.3, -0.25) is 0 Å². The van der Waals surface area contributed by atoms with Crippen LogP contribution in [0.25, 0.3) is 0 Å². The van der Waals surface area contributed by atoms with Crippen molar-refractivity contribution in [3.63, 3.8) is 0 Å². The maximum Gasteiger partial charge on any atom is 0.407 e. The highest BCUT2D eigenvalue weighted by molar-refractivity contribution is 5.67. The van der Waals surface area contributed by atoms with Crippen molar-refractivity contribution in [3.05, 3.63) is 35.9 Å². The molecule has 0 bridgehead atoms. The number of carbonyl (C=O) groups excluding carboxylic acids is 1. The Balaban J connectivity index is 2.12. The number of benzene rings is 1. The third-order valence-corrected chi connectivity index (χ3v) is 3.13. The third-order valence-electron chi connectivity index (χ3n) is 3.13. The van der Waals surface area contributed by atoms with Crippen LogP contribution >= 0.6 is 0 Å². The third kappa shape index (κ3) is 7.11. The molecule has 0 aliphatic heterocycles. The van der Waals surface area contributed by atoms with E-state index in [1.165, 1.54) is 0 Å². The summed E-state index contributed by atoms with van der Waals surface area (Å²) >= 11 is 0. The van der Waals surface area contributed by atoms with Crippen molar-refractivity contribution in [2.45, 2.75) is 13.0 Å². The number of hydrogen-bond donors (Lipinski definition) is 2. The number of quaternary nitrogens is 1. The number of nitrogens with zero attached hydrogens (tertiary/aromatic N) is 1. The SMILES string of the molecule is C[N+](C)(CCO)CCCNC(=O)OCc1ccccc1. The van der Waals surface area contributed by atoms with Gasteiger partial charge in [0.1, 0.15) is 13.2 Å². The van der Waals surface area contributed by atoms with Crippen molar-refractivity contribution < 1.29 is 19.1 Å². The molecule has 0 aliphatic carbocycles. The molecule has 112 valence electrons. The predicted octanol–water partition coefficient (Wildman–Crippen LogP) is 1.37. The molecule has 0 spiro atoms. The van der Waals surface area contributed by atoms with E-state index in [4.69, 9.17) is 9.84 Å². The highest BCUT2D eigenvalue weighted by Crippen LogP contribution is 2.01. The van der Waals surface area contributed by atoms with Crippen molar-refractivity contribution in [1.29, 1.82) is 0 Å². The number of rotatable bonds is 8. The summed E-state index contributed by atoms with van der Waals surface area (Å²) in [6, 6.07) is 9.59. The van der Waals surface area contributed by atoms with Gasteiger partial charge in [-0.25, -0.2) is 4.79 Å². The van der Waals surface area contributed by atoms with E-state index in [1.807, 2.05) is 30.3 Å². The first-order chi connectivity index (χ1) is 9.53. The number of amides is 1. The number of carbonyl (C=O) groups is 1. The van der Waals surface area contributed by atoms with E-state index in [1.54, 1.807) is 0 Å². The topological polar surface area (TPSA) is 58.6 Å². The van der Waals surface area contributed by atoms with Crippen LogP contribution in [-0.4, -0.2) is 56.0 Å². The molecule has 1 rings (SSSR count). The van der Waals surface area contributed by atoms with Crippen LogP contribution in [0.3, 0.4) is 0 Å². The lowest BCUT2D eigenvalue weighted by atomic mass is 10.2. The average Bonchev–Trinajstić information content (AvgIpc) is 2.42. The van der Waals surface area contributed by atoms with Crippen molar-refractivity contribution in [2.75, 3.05) is 40.3 Å². The van der Waals surface area contributed by atoms with Crippen molar-refractivity contribution in [3.8, 4) is 0 Å². The summed E-state index contributed by atoms with van der Waals surface area (Å²) in [6.45, 7) is 2.68. The lowest BCUT2D eigenvalue weighted by Gasteiger charge is -2.28. The monoisotopic (exact) mass is 281 g/mol. The molecule has 1 aromatic carbocycles. The van der Waals surface area contributed by atoms with Crippen LogP contribution in [0.2, 0.25) is 0 Å². The largest absolute Gasteiger partial charge is 0.445 e. The highest BCUT2D eigenvalue weighted by atomic mass is 16.5. The maximum absolute atomic E-state index is 11.5. The zero-order chi connectivity index (χ0) is 14.8. The van der Waals surface area contributed by atoms with Gasteiger partial charge in [-0.15, -0.1) is 0 Å². The number of aliphatic hydroxyl groups is 1. The minimum absolute atomic E-state index is 0.180. The highest BCUT2D eigenvalue weighted by Gasteiger charge is 2.13. The molecule has 0 saturated carbocycles. The molecule has 20 heavy (non-hydrogen) atoms. The van der Waals surface area contributed by atoms with Crippen molar-refractivity contribution >= 4 is 6.09 Å². The molecule has 5 heteroatoms. The van der Waals surface area contributed by atoms with Gasteiger partial charge in [0, 0.05) is 13.0 Å². The molecule has 0 heterocycles. The second-order valence-corrected chi connectivity index (χ2v) is 5.45. The van der Waals surface area contributed by atoms with Gasteiger partial charge < -0.3 is 19.6 Å². The Hall–Kier alpha value is -1.59. The number of alkyl carbamates (subject to hydrolysis) is 1. The Morgan fingerprint density at radius 1 is 1.25 bits per heavy atom. The normalized spacial score (nSPS) is 11.2. The Morgan fingerprint density at radius 3 is 2.60 bits per heavy atom. The van der Waals surface area contributed by atoms with E-state index >= 15 is 0 Å². The molecule has 0 unspecified atom stereocenters. The van der Waals surface area contributed by atoms with Crippen LogP contribution < -0.4 is 5.32 Å². The fourth-order valence-corrected chi connectivity index (χ4v) is 1.85. The number of nitrogens with one attached hydrogen (secondary N) is 1. The van der Waals surface area contributed by atoms with Crippen molar-refractivity contribution in [2.24, 2.45) is 0 Å². The van der Waals surface area contributed by atoms with Gasteiger partial charge in [0.2, 0.25) is 0 Å². The molecule has 0 radical (unpaired) electrons. The quantitative estimate of drug-likeness (QED) is 0.559.